The molecule has 0 bridgehead atoms. The van der Waals surface area contributed by atoms with Crippen LogP contribution in [0.25, 0.3) is 17.0 Å². The van der Waals surface area contributed by atoms with E-state index in [-0.39, 0.29) is 5.57 Å². The van der Waals surface area contributed by atoms with Gasteiger partial charge in [0.15, 0.2) is 0 Å². The average molecular weight is 236 g/mol. The summed E-state index contributed by atoms with van der Waals surface area (Å²) in [7, 11) is 0. The summed E-state index contributed by atoms with van der Waals surface area (Å²) in [6.07, 6.45) is 1.57. The average Bonchev–Trinajstić information content (AvgIpc) is 2.55. The van der Waals surface area contributed by atoms with Crippen molar-refractivity contribution in [3.05, 3.63) is 40.6 Å². The Morgan fingerprint density at radius 2 is 2.12 bits per heavy atom. The summed E-state index contributed by atoms with van der Waals surface area (Å²) >= 11 is 6.02. The first kappa shape index (κ1) is 10.8. The number of nitrogens with one attached hydrogen (secondary N) is 1. The van der Waals surface area contributed by atoms with Crippen LogP contribution < -0.4 is 0 Å². The Balaban J connectivity index is 2.64. The number of benzene rings is 1. The second-order valence-corrected chi connectivity index (χ2v) is 3.91. The number of carbonyl (C=O) groups is 1. The number of carboxylic acids is 1. The van der Waals surface area contributed by atoms with Gasteiger partial charge >= 0.3 is 5.97 Å². The van der Waals surface area contributed by atoms with E-state index in [4.69, 9.17) is 16.7 Å². The number of aliphatic carboxylic acids is 1. The highest BCUT2D eigenvalue weighted by atomic mass is 35.5. The number of H-pyrrole nitrogens is 1. The predicted molar refractivity (Wildman–Crippen MR) is 64.6 cm³/mol. The molecule has 1 aromatic carbocycles. The Morgan fingerprint density at radius 1 is 1.44 bits per heavy atom. The van der Waals surface area contributed by atoms with E-state index in [2.05, 4.69) is 4.98 Å². The van der Waals surface area contributed by atoms with Gasteiger partial charge in [-0.3, -0.25) is 0 Å². The van der Waals surface area contributed by atoms with E-state index in [1.165, 1.54) is 0 Å². The quantitative estimate of drug-likeness (QED) is 0.785. The van der Waals surface area contributed by atoms with Gasteiger partial charge in [0.25, 0.3) is 0 Å². The van der Waals surface area contributed by atoms with Crippen LogP contribution in [0.15, 0.2) is 29.8 Å². The van der Waals surface area contributed by atoms with Gasteiger partial charge in [-0.15, -0.1) is 0 Å². The SMILES string of the molecule is C/C(=C\c1c(Cl)[nH]c2ccccc12)C(=O)O. The van der Waals surface area contributed by atoms with Gasteiger partial charge in [0.2, 0.25) is 0 Å². The molecule has 82 valence electrons. The smallest absolute Gasteiger partial charge is 0.331 e. The Kier molecular flexibility index (Phi) is 2.71. The fourth-order valence-electron chi connectivity index (χ4n) is 1.55. The van der Waals surface area contributed by atoms with Gasteiger partial charge < -0.3 is 10.1 Å². The zero-order chi connectivity index (χ0) is 11.7. The molecule has 0 aliphatic carbocycles. The monoisotopic (exact) mass is 235 g/mol. The van der Waals surface area contributed by atoms with Crippen LogP contribution in [-0.2, 0) is 4.79 Å². The molecule has 0 radical (unpaired) electrons. The number of hydrogen-bond acceptors (Lipinski definition) is 1. The van der Waals surface area contributed by atoms with Crippen molar-refractivity contribution < 1.29 is 9.90 Å². The summed E-state index contributed by atoms with van der Waals surface area (Å²) in [5.74, 6) is -0.943. The lowest BCUT2D eigenvalue weighted by Gasteiger charge is -1.94. The predicted octanol–water partition coefficient (Wildman–Crippen LogP) is 3.31. The van der Waals surface area contributed by atoms with Crippen LogP contribution >= 0.6 is 11.6 Å². The summed E-state index contributed by atoms with van der Waals surface area (Å²) in [6.45, 7) is 1.54. The Bertz CT molecular complexity index is 584. The molecule has 2 N–H and O–H groups in total. The number of halogens is 1. The molecule has 3 nitrogen and oxygen atoms in total. The highest BCUT2D eigenvalue weighted by Gasteiger charge is 2.09. The second kappa shape index (κ2) is 4.02. The van der Waals surface area contributed by atoms with Crippen molar-refractivity contribution in [3.63, 3.8) is 0 Å². The Labute approximate surface area is 97.4 Å². The van der Waals surface area contributed by atoms with Crippen LogP contribution in [-0.4, -0.2) is 16.1 Å². The summed E-state index contributed by atoms with van der Waals surface area (Å²) in [5, 5.41) is 10.2. The lowest BCUT2D eigenvalue weighted by molar-refractivity contribution is -0.132. The molecule has 0 unspecified atom stereocenters. The van der Waals surface area contributed by atoms with Crippen LogP contribution in [0.5, 0.6) is 0 Å². The molecule has 0 saturated heterocycles. The Morgan fingerprint density at radius 3 is 2.81 bits per heavy atom. The third-order valence-electron chi connectivity index (χ3n) is 2.40. The van der Waals surface area contributed by atoms with E-state index in [0.29, 0.717) is 5.15 Å². The van der Waals surface area contributed by atoms with Crippen LogP contribution in [0, 0.1) is 0 Å². The summed E-state index contributed by atoms with van der Waals surface area (Å²) < 4.78 is 0. The first-order valence-corrected chi connectivity index (χ1v) is 5.15. The molecule has 0 aliphatic rings. The molecule has 1 aromatic heterocycles. The number of rotatable bonds is 2. The van der Waals surface area contributed by atoms with Crippen molar-refractivity contribution in [2.45, 2.75) is 6.92 Å². The molecule has 2 rings (SSSR count). The van der Waals surface area contributed by atoms with Crippen molar-refractivity contribution in [1.82, 2.24) is 4.98 Å². The minimum Gasteiger partial charge on any atom is -0.478 e. The van der Waals surface area contributed by atoms with Crippen LogP contribution in [0.1, 0.15) is 12.5 Å². The standard InChI is InChI=1S/C12H10ClNO2/c1-7(12(15)16)6-9-8-4-2-3-5-10(8)14-11(9)13/h2-6,14H,1H3,(H,15,16)/b7-6+. The highest BCUT2D eigenvalue weighted by Crippen LogP contribution is 2.27. The van der Waals surface area contributed by atoms with Crippen LogP contribution in [0.2, 0.25) is 5.15 Å². The number of fused-ring (bicyclic) bond motifs is 1. The number of aromatic amines is 1. The molecule has 2 aromatic rings. The molecule has 0 atom stereocenters. The molecule has 0 spiro atoms. The summed E-state index contributed by atoms with van der Waals surface area (Å²) in [6, 6.07) is 7.58. The molecule has 0 aliphatic heterocycles. The minimum absolute atomic E-state index is 0.256. The van der Waals surface area contributed by atoms with E-state index in [0.717, 1.165) is 16.5 Å². The van der Waals surface area contributed by atoms with E-state index in [1.54, 1.807) is 13.0 Å². The van der Waals surface area contributed by atoms with Crippen LogP contribution in [0.3, 0.4) is 0 Å². The summed E-state index contributed by atoms with van der Waals surface area (Å²) in [4.78, 5) is 13.8. The molecular weight excluding hydrogens is 226 g/mol. The number of carboxylic acid groups (broad SMARTS) is 1. The third-order valence-corrected chi connectivity index (χ3v) is 2.69. The van der Waals surface area contributed by atoms with Crippen molar-refractivity contribution in [2.24, 2.45) is 0 Å². The van der Waals surface area contributed by atoms with Crippen molar-refractivity contribution in [3.8, 4) is 0 Å². The molecule has 4 heteroatoms. The van der Waals surface area contributed by atoms with E-state index < -0.39 is 5.97 Å². The normalized spacial score (nSPS) is 12.0. The van der Waals surface area contributed by atoms with Gasteiger partial charge in [-0.2, -0.15) is 0 Å². The van der Waals surface area contributed by atoms with Gasteiger partial charge in [0.05, 0.1) is 0 Å². The second-order valence-electron chi connectivity index (χ2n) is 3.53. The zero-order valence-electron chi connectivity index (χ0n) is 8.62. The first-order chi connectivity index (χ1) is 7.59. The molecule has 1 heterocycles. The van der Waals surface area contributed by atoms with Gasteiger partial charge in [0, 0.05) is 22.0 Å². The molecular formula is C12H10ClNO2. The maximum atomic E-state index is 10.8. The van der Waals surface area contributed by atoms with Crippen molar-refractivity contribution in [1.29, 1.82) is 0 Å². The first-order valence-electron chi connectivity index (χ1n) is 4.77. The van der Waals surface area contributed by atoms with Gasteiger partial charge in [-0.25, -0.2) is 4.79 Å². The molecule has 0 fully saturated rings. The fourth-order valence-corrected chi connectivity index (χ4v) is 1.81. The molecule has 16 heavy (non-hydrogen) atoms. The zero-order valence-corrected chi connectivity index (χ0v) is 9.38. The highest BCUT2D eigenvalue weighted by molar-refractivity contribution is 6.32. The largest absolute Gasteiger partial charge is 0.478 e. The van der Waals surface area contributed by atoms with E-state index >= 15 is 0 Å². The third kappa shape index (κ3) is 1.82. The van der Waals surface area contributed by atoms with Gasteiger partial charge in [-0.1, -0.05) is 29.8 Å². The van der Waals surface area contributed by atoms with Gasteiger partial charge in [0.1, 0.15) is 5.15 Å². The molecule has 0 saturated carbocycles. The fraction of sp³-hybridized carbons (Fsp3) is 0.0833. The Hall–Kier alpha value is -1.74. The maximum Gasteiger partial charge on any atom is 0.331 e. The maximum absolute atomic E-state index is 10.8. The minimum atomic E-state index is -0.943. The van der Waals surface area contributed by atoms with Crippen molar-refractivity contribution >= 4 is 34.5 Å². The van der Waals surface area contributed by atoms with Crippen molar-refractivity contribution in [2.75, 3.05) is 0 Å². The van der Waals surface area contributed by atoms with Crippen LogP contribution in [0.4, 0.5) is 0 Å². The lowest BCUT2D eigenvalue weighted by atomic mass is 10.1. The number of aromatic nitrogens is 1. The topological polar surface area (TPSA) is 53.1 Å². The van der Waals surface area contributed by atoms with E-state index in [9.17, 15) is 4.79 Å². The lowest BCUT2D eigenvalue weighted by Crippen LogP contribution is -1.95. The number of para-hydroxylation sites is 1. The van der Waals surface area contributed by atoms with Gasteiger partial charge in [-0.05, 0) is 19.1 Å². The molecule has 0 amide bonds. The number of hydrogen-bond donors (Lipinski definition) is 2. The van der Waals surface area contributed by atoms with E-state index in [1.807, 2.05) is 24.3 Å². The summed E-state index contributed by atoms with van der Waals surface area (Å²) in [5.41, 5.74) is 1.88.